The summed E-state index contributed by atoms with van der Waals surface area (Å²) in [5, 5.41) is 16.8. The van der Waals surface area contributed by atoms with E-state index in [1.807, 2.05) is 6.92 Å². The number of hydrogen-bond acceptors (Lipinski definition) is 8. The van der Waals surface area contributed by atoms with Crippen LogP contribution in [-0.4, -0.2) is 84.2 Å². The van der Waals surface area contributed by atoms with Crippen molar-refractivity contribution in [3.8, 4) is 23.1 Å². The summed E-state index contributed by atoms with van der Waals surface area (Å²) in [5.74, 6) is -1.08. The van der Waals surface area contributed by atoms with Crippen LogP contribution in [0.2, 0.25) is 0 Å². The highest BCUT2D eigenvalue weighted by Crippen LogP contribution is 2.37. The van der Waals surface area contributed by atoms with Crippen molar-refractivity contribution in [2.45, 2.75) is 18.7 Å². The number of amides is 1. The number of piperazine rings is 1. The van der Waals surface area contributed by atoms with E-state index in [9.17, 15) is 23.1 Å². The first-order valence-corrected chi connectivity index (χ1v) is 15.4. The number of sulfonamides is 1. The zero-order chi connectivity index (χ0) is 31.4. The average Bonchev–Trinajstić information content (AvgIpc) is 3.37. The number of nitrogens with zero attached hydrogens (tertiary/aromatic N) is 4. The highest BCUT2D eigenvalue weighted by atomic mass is 32.2. The third-order valence-corrected chi connectivity index (χ3v) is 9.35. The molecule has 1 amide bonds. The second-order valence-electron chi connectivity index (χ2n) is 10.1. The van der Waals surface area contributed by atoms with E-state index < -0.39 is 21.9 Å². The summed E-state index contributed by atoms with van der Waals surface area (Å²) in [7, 11) is -2.58. The Morgan fingerprint density at radius 2 is 1.66 bits per heavy atom. The summed E-state index contributed by atoms with van der Waals surface area (Å²) in [6.45, 7) is 6.08. The van der Waals surface area contributed by atoms with Crippen molar-refractivity contribution in [2.24, 2.45) is 0 Å². The minimum absolute atomic E-state index is 0.0394. The molecule has 1 saturated heterocycles. The molecule has 4 aromatic rings. The second kappa shape index (κ2) is 12.9. The molecule has 0 radical (unpaired) electrons. The van der Waals surface area contributed by atoms with Crippen LogP contribution in [0.4, 0.5) is 5.69 Å². The number of para-hydroxylation sites is 1. The molecule has 0 saturated carbocycles. The Bertz CT molecular complexity index is 1770. The molecule has 2 N–H and O–H groups in total. The van der Waals surface area contributed by atoms with Gasteiger partial charge in [0.15, 0.2) is 5.69 Å². The summed E-state index contributed by atoms with van der Waals surface area (Å²) < 4.78 is 42.3. The lowest BCUT2D eigenvalue weighted by Crippen LogP contribution is -2.48. The average molecular weight is 620 g/mol. The Labute approximate surface area is 255 Å². The maximum atomic E-state index is 14.1. The molecule has 44 heavy (non-hydrogen) atoms. The van der Waals surface area contributed by atoms with Crippen molar-refractivity contribution in [2.75, 3.05) is 45.2 Å². The minimum atomic E-state index is -4.11. The molecule has 230 valence electrons. The number of methoxy groups -OCH3 is 1. The number of anilines is 1. The number of rotatable bonds is 10. The SMILES string of the molecule is CCN1CCN(S(=O)(=O)c2cc(NC(=O)c3ccc(OC)cc3)ccc2Oc2c(C)c(C(=O)O)nn2-c2ccccc2)CC1. The monoisotopic (exact) mass is 619 g/mol. The van der Waals surface area contributed by atoms with Gasteiger partial charge in [-0.25, -0.2) is 13.2 Å². The molecule has 0 bridgehead atoms. The summed E-state index contributed by atoms with van der Waals surface area (Å²) in [6.07, 6.45) is 0. The lowest BCUT2D eigenvalue weighted by molar-refractivity contribution is 0.0689. The number of carboxylic acid groups (broad SMARTS) is 1. The largest absolute Gasteiger partial charge is 0.497 e. The number of carbonyl (C=O) groups excluding carboxylic acids is 1. The molecular weight excluding hydrogens is 586 g/mol. The summed E-state index contributed by atoms with van der Waals surface area (Å²) >= 11 is 0. The van der Waals surface area contributed by atoms with Gasteiger partial charge >= 0.3 is 5.97 Å². The smallest absolute Gasteiger partial charge is 0.356 e. The van der Waals surface area contributed by atoms with Crippen LogP contribution in [-0.2, 0) is 10.0 Å². The fourth-order valence-electron chi connectivity index (χ4n) is 4.89. The van der Waals surface area contributed by atoms with Crippen molar-refractivity contribution in [3.05, 3.63) is 89.6 Å². The van der Waals surface area contributed by atoms with E-state index in [1.54, 1.807) is 61.5 Å². The molecule has 0 aliphatic carbocycles. The van der Waals surface area contributed by atoms with Crippen LogP contribution in [0.5, 0.6) is 17.4 Å². The molecule has 3 aromatic carbocycles. The Morgan fingerprint density at radius 3 is 2.27 bits per heavy atom. The van der Waals surface area contributed by atoms with E-state index in [0.29, 0.717) is 30.1 Å². The molecular formula is C31H33N5O7S. The van der Waals surface area contributed by atoms with Crippen molar-refractivity contribution < 1.29 is 32.6 Å². The van der Waals surface area contributed by atoms with Gasteiger partial charge in [0.1, 0.15) is 16.4 Å². The van der Waals surface area contributed by atoms with Crippen LogP contribution >= 0.6 is 0 Å². The molecule has 2 heterocycles. The highest BCUT2D eigenvalue weighted by Gasteiger charge is 2.32. The van der Waals surface area contributed by atoms with Gasteiger partial charge in [-0.1, -0.05) is 25.1 Å². The number of benzene rings is 3. The van der Waals surface area contributed by atoms with Crippen molar-refractivity contribution in [1.82, 2.24) is 19.0 Å². The van der Waals surface area contributed by atoms with Crippen molar-refractivity contribution >= 4 is 27.6 Å². The van der Waals surface area contributed by atoms with E-state index in [4.69, 9.17) is 9.47 Å². The Balaban J connectivity index is 1.56. The highest BCUT2D eigenvalue weighted by molar-refractivity contribution is 7.89. The fraction of sp³-hybridized carbons (Fsp3) is 0.258. The van der Waals surface area contributed by atoms with E-state index in [0.717, 1.165) is 6.54 Å². The van der Waals surface area contributed by atoms with Gasteiger partial charge < -0.3 is 24.8 Å². The molecule has 0 unspecified atom stereocenters. The standard InChI is InChI=1S/C31H33N5O7S/c1-4-34-16-18-35(19-17-34)44(40,41)27-20-23(32-29(37)22-10-13-25(42-3)14-11-22)12-15-26(27)43-30-21(2)28(31(38)39)33-36(30)24-8-6-5-7-9-24/h5-15,20H,4,16-19H2,1-3H3,(H,32,37)(H,38,39). The van der Waals surface area contributed by atoms with Gasteiger partial charge in [-0.2, -0.15) is 14.1 Å². The quantitative estimate of drug-likeness (QED) is 0.266. The molecule has 1 aliphatic heterocycles. The molecule has 0 spiro atoms. The normalized spacial score (nSPS) is 14.2. The number of hydrogen-bond donors (Lipinski definition) is 2. The third kappa shape index (κ3) is 6.30. The van der Waals surface area contributed by atoms with Gasteiger partial charge in [-0.3, -0.25) is 4.79 Å². The second-order valence-corrected chi connectivity index (χ2v) is 12.0. The molecule has 1 fully saturated rings. The number of carbonyl (C=O) groups is 2. The minimum Gasteiger partial charge on any atom is -0.497 e. The maximum Gasteiger partial charge on any atom is 0.356 e. The van der Waals surface area contributed by atoms with Crippen LogP contribution in [0, 0.1) is 6.92 Å². The van der Waals surface area contributed by atoms with Gasteiger partial charge in [-0.15, -0.1) is 0 Å². The van der Waals surface area contributed by atoms with Gasteiger partial charge in [0.2, 0.25) is 15.9 Å². The van der Waals surface area contributed by atoms with E-state index in [-0.39, 0.29) is 46.6 Å². The van der Waals surface area contributed by atoms with Crippen LogP contribution in [0.1, 0.15) is 33.3 Å². The molecule has 5 rings (SSSR count). The number of likely N-dealkylation sites (N-methyl/N-ethyl adjacent to an activating group) is 1. The van der Waals surface area contributed by atoms with Gasteiger partial charge in [0.05, 0.1) is 12.8 Å². The number of ether oxygens (including phenoxy) is 2. The topological polar surface area (TPSA) is 143 Å². The Hall–Kier alpha value is -4.72. The first kappa shape index (κ1) is 30.7. The predicted molar refractivity (Wildman–Crippen MR) is 164 cm³/mol. The molecule has 13 heteroatoms. The number of aromatic carboxylic acids is 1. The van der Waals surface area contributed by atoms with Crippen LogP contribution in [0.25, 0.3) is 5.69 Å². The van der Waals surface area contributed by atoms with Crippen LogP contribution in [0.15, 0.2) is 77.7 Å². The van der Waals surface area contributed by atoms with Crippen molar-refractivity contribution in [3.63, 3.8) is 0 Å². The van der Waals surface area contributed by atoms with Crippen LogP contribution < -0.4 is 14.8 Å². The number of aromatic nitrogens is 2. The van der Waals surface area contributed by atoms with Gasteiger partial charge in [0, 0.05) is 43.0 Å². The lowest BCUT2D eigenvalue weighted by atomic mass is 10.2. The molecule has 1 aliphatic rings. The summed E-state index contributed by atoms with van der Waals surface area (Å²) in [5.41, 5.74) is 1.12. The zero-order valence-corrected chi connectivity index (χ0v) is 25.4. The maximum absolute atomic E-state index is 14.1. The summed E-state index contributed by atoms with van der Waals surface area (Å²) in [6, 6.07) is 19.6. The Kier molecular flexibility index (Phi) is 8.99. The third-order valence-electron chi connectivity index (χ3n) is 7.43. The van der Waals surface area contributed by atoms with Crippen LogP contribution in [0.3, 0.4) is 0 Å². The molecule has 12 nitrogen and oxygen atoms in total. The zero-order valence-electron chi connectivity index (χ0n) is 24.6. The van der Waals surface area contributed by atoms with Gasteiger partial charge in [0.25, 0.3) is 5.91 Å². The molecule has 0 atom stereocenters. The first-order valence-electron chi connectivity index (χ1n) is 14.0. The van der Waals surface area contributed by atoms with Gasteiger partial charge in [-0.05, 0) is 68.1 Å². The van der Waals surface area contributed by atoms with E-state index in [2.05, 4.69) is 15.3 Å². The fourth-order valence-corrected chi connectivity index (χ4v) is 6.46. The van der Waals surface area contributed by atoms with E-state index in [1.165, 1.54) is 34.3 Å². The Morgan fingerprint density at radius 1 is 0.977 bits per heavy atom. The summed E-state index contributed by atoms with van der Waals surface area (Å²) in [4.78, 5) is 27.0. The van der Waals surface area contributed by atoms with E-state index >= 15 is 0 Å². The predicted octanol–water partition coefficient (Wildman–Crippen LogP) is 4.26. The number of nitrogens with one attached hydrogen (secondary N) is 1. The number of carboxylic acids is 1. The lowest BCUT2D eigenvalue weighted by Gasteiger charge is -2.33. The molecule has 1 aromatic heterocycles. The first-order chi connectivity index (χ1) is 21.1. The van der Waals surface area contributed by atoms with Crippen molar-refractivity contribution in [1.29, 1.82) is 0 Å².